The second-order valence-electron chi connectivity index (χ2n) is 4.30. The van der Waals surface area contributed by atoms with Gasteiger partial charge in [-0.05, 0) is 35.2 Å². The lowest BCUT2D eigenvalue weighted by Gasteiger charge is -2.36. The van der Waals surface area contributed by atoms with Gasteiger partial charge in [0.25, 0.3) is 0 Å². The Morgan fingerprint density at radius 3 is 2.87 bits per heavy atom. The first-order valence-corrected chi connectivity index (χ1v) is 5.99. The molecule has 0 bridgehead atoms. The van der Waals surface area contributed by atoms with Crippen molar-refractivity contribution in [1.82, 2.24) is 15.1 Å². The molecule has 0 aromatic carbocycles. The summed E-state index contributed by atoms with van der Waals surface area (Å²) in [5, 5.41) is 17.3. The first-order chi connectivity index (χ1) is 7.09. The number of halogens is 1. The van der Waals surface area contributed by atoms with E-state index in [0.29, 0.717) is 6.54 Å². The van der Waals surface area contributed by atoms with Crippen LogP contribution in [0.25, 0.3) is 0 Å². The van der Waals surface area contributed by atoms with Crippen molar-refractivity contribution < 1.29 is 5.11 Å². The van der Waals surface area contributed by atoms with E-state index in [1.54, 1.807) is 4.68 Å². The molecule has 0 atom stereocenters. The van der Waals surface area contributed by atoms with E-state index >= 15 is 0 Å². The number of hydrogen-bond donors (Lipinski definition) is 2. The molecule has 0 saturated heterocycles. The molecule has 1 aliphatic carbocycles. The molecule has 0 amide bonds. The van der Waals surface area contributed by atoms with Gasteiger partial charge in [-0.1, -0.05) is 0 Å². The van der Waals surface area contributed by atoms with Gasteiger partial charge in [0, 0.05) is 31.9 Å². The summed E-state index contributed by atoms with van der Waals surface area (Å²) >= 11 is 3.39. The molecule has 5 heteroatoms. The molecule has 1 saturated carbocycles. The minimum atomic E-state index is -0.450. The van der Waals surface area contributed by atoms with Crippen LogP contribution in [0.15, 0.2) is 10.8 Å². The number of nitrogens with one attached hydrogen (secondary N) is 1. The summed E-state index contributed by atoms with van der Waals surface area (Å²) in [6.07, 6.45) is 4.97. The molecule has 15 heavy (non-hydrogen) atoms. The van der Waals surface area contributed by atoms with Crippen LogP contribution >= 0.6 is 15.9 Å². The van der Waals surface area contributed by atoms with Crippen LogP contribution in [0.4, 0.5) is 0 Å². The Morgan fingerprint density at radius 2 is 2.40 bits per heavy atom. The summed E-state index contributed by atoms with van der Waals surface area (Å²) in [5.41, 5.74) is 0.676. The van der Waals surface area contributed by atoms with Gasteiger partial charge in [0.2, 0.25) is 0 Å². The Balaban J connectivity index is 1.80. The highest BCUT2D eigenvalue weighted by Gasteiger charge is 2.33. The van der Waals surface area contributed by atoms with E-state index < -0.39 is 5.60 Å². The average Bonchev–Trinajstić information content (AvgIpc) is 2.42. The van der Waals surface area contributed by atoms with Gasteiger partial charge in [-0.25, -0.2) is 0 Å². The molecular weight excluding hydrogens is 258 g/mol. The van der Waals surface area contributed by atoms with E-state index in [1.165, 1.54) is 0 Å². The van der Waals surface area contributed by atoms with Crippen LogP contribution in [0.2, 0.25) is 0 Å². The van der Waals surface area contributed by atoms with Crippen LogP contribution in [-0.2, 0) is 13.6 Å². The van der Waals surface area contributed by atoms with E-state index in [9.17, 15) is 5.11 Å². The lowest BCUT2D eigenvalue weighted by Crippen LogP contribution is -2.45. The highest BCUT2D eigenvalue weighted by molar-refractivity contribution is 9.10. The zero-order chi connectivity index (χ0) is 10.9. The van der Waals surface area contributed by atoms with Crippen LogP contribution in [0.5, 0.6) is 0 Å². The van der Waals surface area contributed by atoms with E-state index in [1.807, 2.05) is 13.2 Å². The zero-order valence-electron chi connectivity index (χ0n) is 8.83. The molecule has 1 aromatic heterocycles. The molecule has 0 aliphatic heterocycles. The van der Waals surface area contributed by atoms with Crippen LogP contribution < -0.4 is 5.32 Å². The van der Waals surface area contributed by atoms with Crippen molar-refractivity contribution in [3.63, 3.8) is 0 Å². The monoisotopic (exact) mass is 273 g/mol. The topological polar surface area (TPSA) is 50.1 Å². The molecular formula is C10H16BrN3O. The Bertz CT molecular complexity index is 346. The average molecular weight is 274 g/mol. The maximum absolute atomic E-state index is 9.87. The number of aryl methyl sites for hydroxylation is 1. The number of nitrogens with zero attached hydrogens (tertiary/aromatic N) is 2. The third-order valence-electron chi connectivity index (χ3n) is 2.91. The predicted molar refractivity (Wildman–Crippen MR) is 61.4 cm³/mol. The number of rotatable bonds is 4. The van der Waals surface area contributed by atoms with Crippen molar-refractivity contribution in [2.24, 2.45) is 7.05 Å². The second kappa shape index (κ2) is 4.23. The van der Waals surface area contributed by atoms with Crippen molar-refractivity contribution >= 4 is 15.9 Å². The van der Waals surface area contributed by atoms with Crippen LogP contribution in [-0.4, -0.2) is 27.0 Å². The molecule has 4 nitrogen and oxygen atoms in total. The molecule has 2 rings (SSSR count). The van der Waals surface area contributed by atoms with Crippen molar-refractivity contribution in [2.45, 2.75) is 31.4 Å². The molecule has 2 N–H and O–H groups in total. The van der Waals surface area contributed by atoms with Crippen LogP contribution in [0.3, 0.4) is 0 Å². The lowest BCUT2D eigenvalue weighted by atomic mass is 9.80. The first-order valence-electron chi connectivity index (χ1n) is 5.20. The minimum absolute atomic E-state index is 0.450. The highest BCUT2D eigenvalue weighted by atomic mass is 79.9. The third kappa shape index (κ3) is 2.59. The SMILES string of the molecule is Cn1cc(CNCC2(O)CCC2)c(Br)n1. The minimum Gasteiger partial charge on any atom is -0.389 e. The summed E-state index contributed by atoms with van der Waals surface area (Å²) in [7, 11) is 1.90. The zero-order valence-corrected chi connectivity index (χ0v) is 10.4. The molecule has 0 spiro atoms. The van der Waals surface area contributed by atoms with E-state index in [2.05, 4.69) is 26.3 Å². The van der Waals surface area contributed by atoms with Gasteiger partial charge in [-0.2, -0.15) is 5.10 Å². The van der Waals surface area contributed by atoms with Crippen molar-refractivity contribution in [3.8, 4) is 0 Å². The van der Waals surface area contributed by atoms with Crippen molar-refractivity contribution in [2.75, 3.05) is 6.54 Å². The van der Waals surface area contributed by atoms with Gasteiger partial charge in [-0.3, -0.25) is 4.68 Å². The normalized spacial score (nSPS) is 18.9. The molecule has 1 aliphatic rings. The highest BCUT2D eigenvalue weighted by Crippen LogP contribution is 2.30. The Labute approximate surface area is 97.8 Å². The Kier molecular flexibility index (Phi) is 3.13. The summed E-state index contributed by atoms with van der Waals surface area (Å²) in [5.74, 6) is 0. The van der Waals surface area contributed by atoms with Crippen molar-refractivity contribution in [3.05, 3.63) is 16.4 Å². The standard InChI is InChI=1S/C10H16BrN3O/c1-14-6-8(9(11)13-14)5-12-7-10(15)3-2-4-10/h6,12,15H,2-5,7H2,1H3. The smallest absolute Gasteiger partial charge is 0.132 e. The third-order valence-corrected chi connectivity index (χ3v) is 3.57. The van der Waals surface area contributed by atoms with Gasteiger partial charge < -0.3 is 10.4 Å². The largest absolute Gasteiger partial charge is 0.389 e. The number of aliphatic hydroxyl groups is 1. The first kappa shape index (κ1) is 11.1. The maximum atomic E-state index is 9.87. The van der Waals surface area contributed by atoms with Gasteiger partial charge >= 0.3 is 0 Å². The number of hydrogen-bond acceptors (Lipinski definition) is 3. The quantitative estimate of drug-likeness (QED) is 0.867. The second-order valence-corrected chi connectivity index (χ2v) is 5.05. The van der Waals surface area contributed by atoms with Gasteiger partial charge in [0.15, 0.2) is 0 Å². The van der Waals surface area contributed by atoms with Crippen LogP contribution in [0, 0.1) is 0 Å². The van der Waals surface area contributed by atoms with Gasteiger partial charge in [0.05, 0.1) is 5.60 Å². The molecule has 1 heterocycles. The molecule has 1 aromatic rings. The fourth-order valence-corrected chi connectivity index (χ4v) is 2.31. The molecule has 0 radical (unpaired) electrons. The Morgan fingerprint density at radius 1 is 1.67 bits per heavy atom. The lowest BCUT2D eigenvalue weighted by molar-refractivity contribution is -0.0314. The summed E-state index contributed by atoms with van der Waals surface area (Å²) < 4.78 is 2.65. The predicted octanol–water partition coefficient (Wildman–Crippen LogP) is 1.19. The molecule has 1 fully saturated rings. The summed E-state index contributed by atoms with van der Waals surface area (Å²) in [6, 6.07) is 0. The van der Waals surface area contributed by atoms with Crippen LogP contribution in [0.1, 0.15) is 24.8 Å². The summed E-state index contributed by atoms with van der Waals surface area (Å²) in [4.78, 5) is 0. The molecule has 0 unspecified atom stereocenters. The van der Waals surface area contributed by atoms with E-state index in [0.717, 1.165) is 36.0 Å². The number of aromatic nitrogens is 2. The van der Waals surface area contributed by atoms with E-state index in [4.69, 9.17) is 0 Å². The maximum Gasteiger partial charge on any atom is 0.132 e. The molecule has 84 valence electrons. The fraction of sp³-hybridized carbons (Fsp3) is 0.700. The Hall–Kier alpha value is -0.390. The van der Waals surface area contributed by atoms with Gasteiger partial charge in [0.1, 0.15) is 4.60 Å². The van der Waals surface area contributed by atoms with Crippen molar-refractivity contribution in [1.29, 1.82) is 0 Å². The van der Waals surface area contributed by atoms with Gasteiger partial charge in [-0.15, -0.1) is 0 Å². The fourth-order valence-electron chi connectivity index (χ4n) is 1.82. The summed E-state index contributed by atoms with van der Waals surface area (Å²) in [6.45, 7) is 1.42. The van der Waals surface area contributed by atoms with E-state index in [-0.39, 0.29) is 0 Å².